The zero-order chi connectivity index (χ0) is 32.1. The van der Waals surface area contributed by atoms with E-state index in [4.69, 9.17) is 4.98 Å². The minimum atomic E-state index is -4.96. The van der Waals surface area contributed by atoms with E-state index >= 15 is 0 Å². The van der Waals surface area contributed by atoms with Crippen LogP contribution in [0.5, 0.6) is 0 Å². The summed E-state index contributed by atoms with van der Waals surface area (Å²) in [5, 5.41) is 13.6. The molecule has 2 heterocycles. The van der Waals surface area contributed by atoms with E-state index in [0.29, 0.717) is 11.8 Å². The third-order valence-corrected chi connectivity index (χ3v) is 8.30. The number of halogens is 6. The molecule has 45 heavy (non-hydrogen) atoms. The molecule has 0 radical (unpaired) electrons. The number of tetrazole rings is 1. The lowest BCUT2D eigenvalue weighted by atomic mass is 10.0. The summed E-state index contributed by atoms with van der Waals surface area (Å²) in [6.45, 7) is 7.17. The number of alkyl halides is 6. The van der Waals surface area contributed by atoms with Crippen LogP contribution in [0.4, 0.5) is 38.1 Å². The lowest BCUT2D eigenvalue weighted by molar-refractivity contribution is -0.143. The second-order valence-electron chi connectivity index (χ2n) is 12.7. The third-order valence-electron chi connectivity index (χ3n) is 8.30. The van der Waals surface area contributed by atoms with Gasteiger partial charge in [-0.1, -0.05) is 23.3 Å². The number of rotatable bonds is 11. The van der Waals surface area contributed by atoms with Gasteiger partial charge in [-0.2, -0.15) is 31.1 Å². The van der Waals surface area contributed by atoms with Crippen LogP contribution < -0.4 is 9.80 Å². The maximum Gasteiger partial charge on any atom is 0.416 e. The van der Waals surface area contributed by atoms with Crippen LogP contribution in [0, 0.1) is 18.8 Å². The maximum atomic E-state index is 13.7. The highest BCUT2D eigenvalue weighted by atomic mass is 19.4. The molecule has 0 spiro atoms. The standard InChI is InChI=1S/C32H35F6N7/c1-19(2)45-41-30(40-42-45)44(17-23-11-26(31(33,34)35)14-27(12-23)32(36,37)38)18-25-13-24-6-4-5-20(3)28(24)39-29(25)43(15-21-7-8-21)16-22-9-10-22/h4-6,11-14,19,21-22H,7-10,15-18H2,1-3H3. The van der Waals surface area contributed by atoms with Crippen molar-refractivity contribution >= 4 is 22.7 Å². The zero-order valence-corrected chi connectivity index (χ0v) is 25.3. The Morgan fingerprint density at radius 2 is 1.47 bits per heavy atom. The molecule has 0 atom stereocenters. The number of hydrogen-bond acceptors (Lipinski definition) is 6. The van der Waals surface area contributed by atoms with Crippen LogP contribution >= 0.6 is 0 Å². The molecular formula is C32H35F6N7. The van der Waals surface area contributed by atoms with Crippen molar-refractivity contribution in [3.8, 4) is 0 Å². The van der Waals surface area contributed by atoms with E-state index in [1.807, 2.05) is 45.0 Å². The van der Waals surface area contributed by atoms with Crippen molar-refractivity contribution in [2.24, 2.45) is 11.8 Å². The summed E-state index contributed by atoms with van der Waals surface area (Å²) in [6, 6.07) is 9.39. The predicted molar refractivity (Wildman–Crippen MR) is 159 cm³/mol. The predicted octanol–water partition coefficient (Wildman–Crippen LogP) is 7.98. The van der Waals surface area contributed by atoms with Gasteiger partial charge in [0.2, 0.25) is 0 Å². The highest BCUT2D eigenvalue weighted by Crippen LogP contribution is 2.39. The van der Waals surface area contributed by atoms with Gasteiger partial charge in [-0.25, -0.2) is 4.98 Å². The van der Waals surface area contributed by atoms with Crippen LogP contribution in [0.15, 0.2) is 42.5 Å². The lowest BCUT2D eigenvalue weighted by Crippen LogP contribution is -2.32. The molecule has 2 saturated carbocycles. The van der Waals surface area contributed by atoms with Crippen molar-refractivity contribution in [2.45, 2.75) is 77.9 Å². The van der Waals surface area contributed by atoms with E-state index < -0.39 is 23.5 Å². The molecule has 6 rings (SSSR count). The highest BCUT2D eigenvalue weighted by Gasteiger charge is 2.37. The minimum absolute atomic E-state index is 0.0967. The Morgan fingerprint density at radius 3 is 2.00 bits per heavy atom. The molecule has 240 valence electrons. The quantitative estimate of drug-likeness (QED) is 0.157. The molecular weight excluding hydrogens is 596 g/mol. The van der Waals surface area contributed by atoms with E-state index in [1.165, 1.54) is 4.80 Å². The average molecular weight is 632 g/mol. The number of pyridine rings is 1. The number of nitrogens with zero attached hydrogens (tertiary/aromatic N) is 7. The molecule has 2 aromatic heterocycles. The smallest absolute Gasteiger partial charge is 0.356 e. The van der Waals surface area contributed by atoms with Gasteiger partial charge in [0.1, 0.15) is 5.82 Å². The van der Waals surface area contributed by atoms with Crippen molar-refractivity contribution in [3.05, 3.63) is 70.3 Å². The lowest BCUT2D eigenvalue weighted by Gasteiger charge is -2.29. The average Bonchev–Trinajstić information content (AvgIpc) is 3.90. The molecule has 4 aromatic rings. The van der Waals surface area contributed by atoms with Crippen molar-refractivity contribution in [2.75, 3.05) is 22.9 Å². The molecule has 0 aliphatic heterocycles. The van der Waals surface area contributed by atoms with Crippen molar-refractivity contribution in [1.29, 1.82) is 0 Å². The van der Waals surface area contributed by atoms with E-state index in [1.54, 1.807) is 4.90 Å². The Bertz CT molecular complexity index is 1620. The Kier molecular flexibility index (Phi) is 8.15. The molecule has 0 N–H and O–H groups in total. The van der Waals surface area contributed by atoms with Crippen molar-refractivity contribution in [1.82, 2.24) is 25.2 Å². The molecule has 0 saturated heterocycles. The Morgan fingerprint density at radius 1 is 0.844 bits per heavy atom. The van der Waals surface area contributed by atoms with Crippen molar-refractivity contribution < 1.29 is 26.3 Å². The first-order valence-corrected chi connectivity index (χ1v) is 15.2. The summed E-state index contributed by atoms with van der Waals surface area (Å²) >= 11 is 0. The summed E-state index contributed by atoms with van der Waals surface area (Å²) in [5.74, 6) is 2.01. The molecule has 2 aliphatic carbocycles. The Hall–Kier alpha value is -3.90. The summed E-state index contributed by atoms with van der Waals surface area (Å²) in [7, 11) is 0. The van der Waals surface area contributed by atoms with E-state index in [2.05, 4.69) is 20.3 Å². The first kappa shape index (κ1) is 31.1. The summed E-state index contributed by atoms with van der Waals surface area (Å²) in [4.78, 5) is 10.4. The zero-order valence-electron chi connectivity index (χ0n) is 25.3. The topological polar surface area (TPSA) is 63.0 Å². The molecule has 2 aliphatic rings. The van der Waals surface area contributed by atoms with Crippen molar-refractivity contribution in [3.63, 3.8) is 0 Å². The van der Waals surface area contributed by atoms with E-state index in [9.17, 15) is 26.3 Å². The first-order valence-electron chi connectivity index (χ1n) is 15.2. The summed E-state index contributed by atoms with van der Waals surface area (Å²) in [6.07, 6.45) is -5.33. The van der Waals surface area contributed by atoms with Crippen LogP contribution in [0.1, 0.15) is 73.4 Å². The summed E-state index contributed by atoms with van der Waals surface area (Å²) in [5.41, 5.74) is -0.240. The van der Waals surface area contributed by atoms with Gasteiger partial charge in [0.25, 0.3) is 5.95 Å². The van der Waals surface area contributed by atoms with E-state index in [-0.39, 0.29) is 36.7 Å². The highest BCUT2D eigenvalue weighted by molar-refractivity contribution is 5.84. The van der Waals surface area contributed by atoms with Crippen LogP contribution in [0.25, 0.3) is 10.9 Å². The first-order chi connectivity index (χ1) is 21.2. The number of fused-ring (bicyclic) bond motifs is 1. The van der Waals surface area contributed by atoms with Crippen LogP contribution in [0.2, 0.25) is 0 Å². The second kappa shape index (κ2) is 11.8. The molecule has 2 aromatic carbocycles. The molecule has 0 amide bonds. The number of hydrogen-bond donors (Lipinski definition) is 0. The van der Waals surface area contributed by atoms with Gasteiger partial charge in [-0.15, -0.1) is 5.10 Å². The normalized spacial score (nSPS) is 15.7. The number of para-hydroxylation sites is 1. The number of benzene rings is 2. The van der Waals surface area contributed by atoms with Crippen LogP contribution in [0.3, 0.4) is 0 Å². The van der Waals surface area contributed by atoms with Gasteiger partial charge in [-0.05, 0) is 98.9 Å². The fourth-order valence-corrected chi connectivity index (χ4v) is 5.54. The van der Waals surface area contributed by atoms with Crippen LogP contribution in [-0.2, 0) is 25.4 Å². The number of aryl methyl sites for hydroxylation is 1. The Balaban J connectivity index is 1.45. The van der Waals surface area contributed by atoms with Gasteiger partial charge in [0.15, 0.2) is 0 Å². The van der Waals surface area contributed by atoms with Gasteiger partial charge in [-0.3, -0.25) is 0 Å². The van der Waals surface area contributed by atoms with Gasteiger partial charge < -0.3 is 9.80 Å². The molecule has 2 fully saturated rings. The third kappa shape index (κ3) is 7.33. The fraction of sp³-hybridized carbons (Fsp3) is 0.500. The molecule has 7 nitrogen and oxygen atoms in total. The van der Waals surface area contributed by atoms with Gasteiger partial charge >= 0.3 is 12.4 Å². The maximum absolute atomic E-state index is 13.7. The second-order valence-corrected chi connectivity index (χ2v) is 12.7. The molecule has 13 heteroatoms. The number of anilines is 2. The Labute approximate surface area is 257 Å². The minimum Gasteiger partial charge on any atom is -0.356 e. The monoisotopic (exact) mass is 631 g/mol. The SMILES string of the molecule is Cc1cccc2cc(CN(Cc3cc(C(F)(F)F)cc(C(F)(F)F)c3)c3nnn(C(C)C)n3)c(N(CC3CC3)CC3CC3)nc12. The van der Waals surface area contributed by atoms with Crippen LogP contribution in [-0.4, -0.2) is 38.3 Å². The molecule has 0 bridgehead atoms. The summed E-state index contributed by atoms with van der Waals surface area (Å²) < 4.78 is 82.5. The largest absolute Gasteiger partial charge is 0.416 e. The van der Waals surface area contributed by atoms with Gasteiger partial charge in [0.05, 0.1) is 22.7 Å². The van der Waals surface area contributed by atoms with E-state index in [0.717, 1.165) is 78.8 Å². The molecule has 0 unspecified atom stereocenters. The fourth-order valence-electron chi connectivity index (χ4n) is 5.54. The number of aromatic nitrogens is 5. The van der Waals surface area contributed by atoms with Gasteiger partial charge in [0, 0.05) is 37.1 Å².